The van der Waals surface area contributed by atoms with Crippen LogP contribution in [-0.4, -0.2) is 26.4 Å². The maximum absolute atomic E-state index is 13.0. The van der Waals surface area contributed by atoms with Crippen LogP contribution in [0.3, 0.4) is 0 Å². The largest absolute Gasteiger partial charge is 0.392 e. The molecule has 1 saturated carbocycles. The monoisotopic (exact) mass is 421 g/mol. The first-order valence-electron chi connectivity index (χ1n) is 11.0. The van der Waals surface area contributed by atoms with Gasteiger partial charge in [0.2, 0.25) is 0 Å². The molecular formula is C26H23N5O. The van der Waals surface area contributed by atoms with Crippen LogP contribution in [0.4, 0.5) is 0 Å². The summed E-state index contributed by atoms with van der Waals surface area (Å²) in [6.45, 7) is 3.60. The smallest absolute Gasteiger partial charge is 0.253 e. The van der Waals surface area contributed by atoms with E-state index in [1.807, 2.05) is 30.5 Å². The average molecular weight is 422 g/mol. The van der Waals surface area contributed by atoms with Crippen molar-refractivity contribution < 1.29 is 4.79 Å². The van der Waals surface area contributed by atoms with Crippen LogP contribution in [0.2, 0.25) is 0 Å². The molecule has 4 N–H and O–H groups in total. The molecular weight excluding hydrogens is 398 g/mol. The maximum Gasteiger partial charge on any atom is 0.253 e. The number of amides is 1. The van der Waals surface area contributed by atoms with E-state index in [1.54, 1.807) is 0 Å². The summed E-state index contributed by atoms with van der Waals surface area (Å²) >= 11 is 0. The van der Waals surface area contributed by atoms with Crippen molar-refractivity contribution in [1.29, 1.82) is 0 Å². The predicted octanol–water partition coefficient (Wildman–Crippen LogP) is 3.27. The van der Waals surface area contributed by atoms with Crippen molar-refractivity contribution in [2.75, 3.05) is 0 Å². The Hall–Kier alpha value is -3.85. The zero-order valence-electron chi connectivity index (χ0n) is 17.7. The summed E-state index contributed by atoms with van der Waals surface area (Å²) in [5.74, 6) is 6.48. The van der Waals surface area contributed by atoms with Crippen LogP contribution < -0.4 is 11.1 Å². The molecule has 2 aromatic heterocycles. The van der Waals surface area contributed by atoms with E-state index in [0.29, 0.717) is 11.5 Å². The standard InChI is InChI=1S/C26H23N5O/c1-15(27)3-4-16-5-7-17(8-6-16)24-28-14-18-9-10-19-21-20(29-23(19)22(18)30-24)13-26(11-2-12-26)31-25(21)32/h5-8,14,29H,1-2,9-13,27H2,(H,31,32). The third-order valence-corrected chi connectivity index (χ3v) is 6.87. The van der Waals surface area contributed by atoms with E-state index in [0.717, 1.165) is 77.0 Å². The number of carbonyl (C=O) groups excluding carboxylic acids is 1. The van der Waals surface area contributed by atoms with Crippen molar-refractivity contribution >= 4 is 5.91 Å². The van der Waals surface area contributed by atoms with Gasteiger partial charge < -0.3 is 16.0 Å². The van der Waals surface area contributed by atoms with Crippen LogP contribution in [0.25, 0.3) is 22.8 Å². The second-order valence-corrected chi connectivity index (χ2v) is 9.02. The van der Waals surface area contributed by atoms with Gasteiger partial charge in [0.1, 0.15) is 0 Å². The Morgan fingerprint density at radius 2 is 2.00 bits per heavy atom. The van der Waals surface area contributed by atoms with Crippen LogP contribution in [-0.2, 0) is 19.3 Å². The van der Waals surface area contributed by atoms with E-state index in [2.05, 4.69) is 33.7 Å². The molecule has 1 aliphatic heterocycles. The highest BCUT2D eigenvalue weighted by molar-refractivity contribution is 6.01. The van der Waals surface area contributed by atoms with Crippen molar-refractivity contribution in [1.82, 2.24) is 20.3 Å². The molecule has 6 rings (SSSR count). The van der Waals surface area contributed by atoms with E-state index in [9.17, 15) is 4.79 Å². The van der Waals surface area contributed by atoms with Crippen molar-refractivity contribution in [3.63, 3.8) is 0 Å². The molecule has 1 aromatic carbocycles. The van der Waals surface area contributed by atoms with E-state index >= 15 is 0 Å². The topological polar surface area (TPSA) is 96.7 Å². The summed E-state index contributed by atoms with van der Waals surface area (Å²) in [4.78, 5) is 26.1. The van der Waals surface area contributed by atoms with Gasteiger partial charge in [0.25, 0.3) is 5.91 Å². The fourth-order valence-electron chi connectivity index (χ4n) is 5.11. The third-order valence-electron chi connectivity index (χ3n) is 6.87. The number of fused-ring (bicyclic) bond motifs is 5. The molecule has 2 aliphatic carbocycles. The molecule has 0 saturated heterocycles. The minimum absolute atomic E-state index is 0.0436. The number of benzene rings is 1. The summed E-state index contributed by atoms with van der Waals surface area (Å²) in [7, 11) is 0. The number of hydrogen-bond acceptors (Lipinski definition) is 4. The van der Waals surface area contributed by atoms with Crippen molar-refractivity contribution in [2.45, 2.75) is 44.1 Å². The molecule has 0 unspecified atom stereocenters. The number of allylic oxidation sites excluding steroid dienone is 1. The molecule has 158 valence electrons. The molecule has 3 aromatic rings. The summed E-state index contributed by atoms with van der Waals surface area (Å²) < 4.78 is 0. The van der Waals surface area contributed by atoms with Gasteiger partial charge in [-0.2, -0.15) is 0 Å². The molecule has 0 bridgehead atoms. The molecule has 3 heterocycles. The van der Waals surface area contributed by atoms with Crippen molar-refractivity contribution in [3.05, 3.63) is 70.7 Å². The van der Waals surface area contributed by atoms with Crippen LogP contribution in [0.15, 0.2) is 42.7 Å². The number of aromatic nitrogens is 3. The summed E-state index contributed by atoms with van der Waals surface area (Å²) in [6, 6.07) is 7.77. The van der Waals surface area contributed by atoms with Crippen molar-refractivity contribution in [3.8, 4) is 34.6 Å². The first kappa shape index (κ1) is 18.9. The van der Waals surface area contributed by atoms with Gasteiger partial charge in [0.05, 0.1) is 22.6 Å². The van der Waals surface area contributed by atoms with Gasteiger partial charge in [-0.3, -0.25) is 4.79 Å². The molecule has 6 heteroatoms. The normalized spacial score (nSPS) is 17.2. The van der Waals surface area contributed by atoms with Crippen LogP contribution in [0.1, 0.15) is 52.0 Å². The third kappa shape index (κ3) is 2.93. The van der Waals surface area contributed by atoms with Gasteiger partial charge >= 0.3 is 0 Å². The molecule has 1 spiro atoms. The van der Waals surface area contributed by atoms with Crippen LogP contribution in [0.5, 0.6) is 0 Å². The average Bonchev–Trinajstić information content (AvgIpc) is 3.16. The Kier molecular flexibility index (Phi) is 4.03. The minimum Gasteiger partial charge on any atom is -0.392 e. The Balaban J connectivity index is 1.38. The number of nitrogens with one attached hydrogen (secondary N) is 2. The lowest BCUT2D eigenvalue weighted by Crippen LogP contribution is -2.57. The number of nitrogens with zero attached hydrogens (tertiary/aromatic N) is 2. The Morgan fingerprint density at radius 1 is 1.19 bits per heavy atom. The summed E-state index contributed by atoms with van der Waals surface area (Å²) in [5, 5.41) is 3.29. The number of aromatic amines is 1. The van der Waals surface area contributed by atoms with Crippen LogP contribution >= 0.6 is 0 Å². The molecule has 1 amide bonds. The van der Waals surface area contributed by atoms with Gasteiger partial charge in [0.15, 0.2) is 5.82 Å². The Morgan fingerprint density at radius 3 is 2.72 bits per heavy atom. The molecule has 1 fully saturated rings. The van der Waals surface area contributed by atoms with E-state index < -0.39 is 0 Å². The van der Waals surface area contributed by atoms with E-state index in [4.69, 9.17) is 10.7 Å². The van der Waals surface area contributed by atoms with Gasteiger partial charge in [-0.25, -0.2) is 9.97 Å². The number of nitrogens with two attached hydrogens (primary N) is 1. The predicted molar refractivity (Wildman–Crippen MR) is 123 cm³/mol. The van der Waals surface area contributed by atoms with Gasteiger partial charge in [0, 0.05) is 35.0 Å². The SMILES string of the molecule is C=C(N)C#Cc1ccc(-c2ncc3c(n2)-c2[nH]c4c(c2CC3)C(=O)NC2(CCC2)C4)cc1. The van der Waals surface area contributed by atoms with E-state index in [-0.39, 0.29) is 11.4 Å². The van der Waals surface area contributed by atoms with Gasteiger partial charge in [-0.05, 0) is 73.4 Å². The van der Waals surface area contributed by atoms with Crippen LogP contribution in [0, 0.1) is 11.8 Å². The maximum atomic E-state index is 13.0. The lowest BCUT2D eigenvalue weighted by molar-refractivity contribution is 0.0793. The number of rotatable bonds is 1. The lowest BCUT2D eigenvalue weighted by atomic mass is 9.71. The Bertz CT molecular complexity index is 1350. The van der Waals surface area contributed by atoms with Gasteiger partial charge in [-0.15, -0.1) is 0 Å². The van der Waals surface area contributed by atoms with E-state index in [1.165, 1.54) is 6.42 Å². The minimum atomic E-state index is -0.0436. The van der Waals surface area contributed by atoms with Gasteiger partial charge in [-0.1, -0.05) is 12.5 Å². The zero-order valence-corrected chi connectivity index (χ0v) is 17.7. The number of aryl methyl sites for hydroxylation is 1. The molecule has 0 atom stereocenters. The Labute approximate surface area is 186 Å². The molecule has 32 heavy (non-hydrogen) atoms. The fourth-order valence-corrected chi connectivity index (χ4v) is 5.11. The fraction of sp³-hybridized carbons (Fsp3) is 0.269. The van der Waals surface area contributed by atoms with Crippen molar-refractivity contribution in [2.24, 2.45) is 5.73 Å². The highest BCUT2D eigenvalue weighted by Crippen LogP contribution is 2.43. The summed E-state index contributed by atoms with van der Waals surface area (Å²) in [6.07, 6.45) is 7.77. The number of carbonyl (C=O) groups is 1. The summed E-state index contributed by atoms with van der Waals surface area (Å²) in [5.41, 5.74) is 13.6. The first-order valence-corrected chi connectivity index (χ1v) is 11.0. The molecule has 0 radical (unpaired) electrons. The lowest BCUT2D eigenvalue weighted by Gasteiger charge is -2.45. The highest BCUT2D eigenvalue weighted by Gasteiger charge is 2.45. The molecule has 6 nitrogen and oxygen atoms in total. The number of H-pyrrole nitrogens is 1. The highest BCUT2D eigenvalue weighted by atomic mass is 16.2. The second-order valence-electron chi connectivity index (χ2n) is 9.02. The molecule has 3 aliphatic rings. The first-order chi connectivity index (χ1) is 15.5. The second kappa shape index (κ2) is 6.83. The quantitative estimate of drug-likeness (QED) is 0.526. The zero-order chi connectivity index (χ0) is 21.9. The number of hydrogen-bond donors (Lipinski definition) is 3.